The standard InChI is InChI=1S/C22H24N2O5/c1-23-20(25)11-10-19(22(27)28)24-12-21(26)29-13-18-16-8-4-2-6-14(16)15-7-3-5-9-17(15)18/h2-9,18-19,24H,10-13H2,1H3,(H,23,25)(H,27,28)/t19-/m0/s1. The molecular formula is C22H24N2O5. The minimum Gasteiger partial charge on any atom is -0.480 e. The van der Waals surface area contributed by atoms with Crippen molar-refractivity contribution in [3.05, 3.63) is 59.7 Å². The molecule has 0 saturated carbocycles. The highest BCUT2D eigenvalue weighted by Gasteiger charge is 2.29. The van der Waals surface area contributed by atoms with Crippen LogP contribution in [0.4, 0.5) is 0 Å². The highest BCUT2D eigenvalue weighted by atomic mass is 16.5. The van der Waals surface area contributed by atoms with E-state index >= 15 is 0 Å². The molecule has 2 aromatic carbocycles. The topological polar surface area (TPSA) is 105 Å². The van der Waals surface area contributed by atoms with Crippen molar-refractivity contribution in [3.8, 4) is 11.1 Å². The lowest BCUT2D eigenvalue weighted by Crippen LogP contribution is -2.41. The number of nitrogens with one attached hydrogen (secondary N) is 2. The van der Waals surface area contributed by atoms with Crippen LogP contribution in [0.2, 0.25) is 0 Å². The van der Waals surface area contributed by atoms with Crippen molar-refractivity contribution < 1.29 is 24.2 Å². The average molecular weight is 396 g/mol. The maximum Gasteiger partial charge on any atom is 0.320 e. The molecular weight excluding hydrogens is 372 g/mol. The van der Waals surface area contributed by atoms with Crippen molar-refractivity contribution in [2.45, 2.75) is 24.8 Å². The minimum absolute atomic E-state index is 0.0464. The summed E-state index contributed by atoms with van der Waals surface area (Å²) in [5.41, 5.74) is 4.51. The number of ether oxygens (including phenoxy) is 1. The molecule has 1 aliphatic carbocycles. The summed E-state index contributed by atoms with van der Waals surface area (Å²) in [6.45, 7) is -0.0504. The van der Waals surface area contributed by atoms with Gasteiger partial charge in [-0.15, -0.1) is 0 Å². The third-order valence-electron chi connectivity index (χ3n) is 5.10. The van der Waals surface area contributed by atoms with Crippen molar-refractivity contribution in [2.75, 3.05) is 20.2 Å². The van der Waals surface area contributed by atoms with Gasteiger partial charge in [-0.05, 0) is 28.7 Å². The monoisotopic (exact) mass is 396 g/mol. The summed E-state index contributed by atoms with van der Waals surface area (Å²) in [6.07, 6.45) is 0.150. The Kier molecular flexibility index (Phi) is 6.61. The number of benzene rings is 2. The molecule has 7 nitrogen and oxygen atoms in total. The second kappa shape index (κ2) is 9.34. The number of aliphatic carboxylic acids is 1. The van der Waals surface area contributed by atoms with E-state index in [1.54, 1.807) is 0 Å². The van der Waals surface area contributed by atoms with Crippen LogP contribution in [0.5, 0.6) is 0 Å². The molecule has 3 N–H and O–H groups in total. The van der Waals surface area contributed by atoms with Gasteiger partial charge in [-0.2, -0.15) is 0 Å². The van der Waals surface area contributed by atoms with E-state index in [0.29, 0.717) is 0 Å². The van der Waals surface area contributed by atoms with Crippen LogP contribution in [-0.2, 0) is 19.1 Å². The van der Waals surface area contributed by atoms with Crippen LogP contribution in [0.25, 0.3) is 11.1 Å². The number of rotatable bonds is 9. The quantitative estimate of drug-likeness (QED) is 0.560. The fourth-order valence-electron chi connectivity index (χ4n) is 3.59. The molecule has 0 fully saturated rings. The molecule has 0 saturated heterocycles. The van der Waals surface area contributed by atoms with Crippen molar-refractivity contribution >= 4 is 17.8 Å². The lowest BCUT2D eigenvalue weighted by Gasteiger charge is -2.16. The van der Waals surface area contributed by atoms with Crippen LogP contribution in [0.3, 0.4) is 0 Å². The van der Waals surface area contributed by atoms with Gasteiger partial charge in [0.2, 0.25) is 5.91 Å². The first-order chi connectivity index (χ1) is 14.0. The van der Waals surface area contributed by atoms with Gasteiger partial charge < -0.3 is 15.2 Å². The molecule has 3 rings (SSSR count). The normalized spacial score (nSPS) is 13.3. The largest absolute Gasteiger partial charge is 0.480 e. The first kappa shape index (κ1) is 20.5. The zero-order chi connectivity index (χ0) is 20.8. The van der Waals surface area contributed by atoms with E-state index in [0.717, 1.165) is 22.3 Å². The summed E-state index contributed by atoms with van der Waals surface area (Å²) in [7, 11) is 1.49. The van der Waals surface area contributed by atoms with Crippen molar-refractivity contribution in [3.63, 3.8) is 0 Å². The summed E-state index contributed by atoms with van der Waals surface area (Å²) in [5, 5.41) is 14.3. The van der Waals surface area contributed by atoms with Gasteiger partial charge in [0.25, 0.3) is 0 Å². The summed E-state index contributed by atoms with van der Waals surface area (Å²) in [6, 6.07) is 15.1. The zero-order valence-corrected chi connectivity index (χ0v) is 16.2. The number of hydrogen-bond acceptors (Lipinski definition) is 5. The minimum atomic E-state index is -1.11. The van der Waals surface area contributed by atoms with Crippen molar-refractivity contribution in [1.29, 1.82) is 0 Å². The van der Waals surface area contributed by atoms with E-state index in [-0.39, 0.29) is 37.8 Å². The summed E-state index contributed by atoms with van der Waals surface area (Å²) in [5.74, 6) is -1.94. The highest BCUT2D eigenvalue weighted by Crippen LogP contribution is 2.44. The van der Waals surface area contributed by atoms with Gasteiger partial charge in [-0.25, -0.2) is 0 Å². The van der Waals surface area contributed by atoms with Gasteiger partial charge in [0.1, 0.15) is 12.6 Å². The molecule has 152 valence electrons. The van der Waals surface area contributed by atoms with E-state index in [1.165, 1.54) is 7.05 Å². The van der Waals surface area contributed by atoms with Crippen LogP contribution < -0.4 is 10.6 Å². The SMILES string of the molecule is CNC(=O)CC[C@H](NCC(=O)OCC1c2ccccc2-c2ccccc21)C(=O)O. The smallest absolute Gasteiger partial charge is 0.320 e. The summed E-state index contributed by atoms with van der Waals surface area (Å²) >= 11 is 0. The van der Waals surface area contributed by atoms with E-state index < -0.39 is 18.0 Å². The van der Waals surface area contributed by atoms with Crippen LogP contribution in [0.15, 0.2) is 48.5 Å². The van der Waals surface area contributed by atoms with Gasteiger partial charge in [-0.3, -0.25) is 19.7 Å². The Morgan fingerprint density at radius 2 is 1.62 bits per heavy atom. The molecule has 0 bridgehead atoms. The Bertz CT molecular complexity index is 866. The first-order valence-electron chi connectivity index (χ1n) is 9.52. The third-order valence-corrected chi connectivity index (χ3v) is 5.10. The van der Waals surface area contributed by atoms with Crippen molar-refractivity contribution in [1.82, 2.24) is 10.6 Å². The molecule has 1 amide bonds. The predicted molar refractivity (Wildman–Crippen MR) is 107 cm³/mol. The number of amides is 1. The molecule has 1 aliphatic rings. The number of hydrogen-bond donors (Lipinski definition) is 3. The molecule has 0 aromatic heterocycles. The molecule has 0 radical (unpaired) electrons. The van der Waals surface area contributed by atoms with E-state index in [9.17, 15) is 19.5 Å². The first-order valence-corrected chi connectivity index (χ1v) is 9.52. The molecule has 0 aliphatic heterocycles. The average Bonchev–Trinajstić information content (AvgIpc) is 3.05. The van der Waals surface area contributed by atoms with Gasteiger partial charge in [0.05, 0.1) is 6.54 Å². The predicted octanol–water partition coefficient (Wildman–Crippen LogP) is 1.91. The molecule has 0 unspecified atom stereocenters. The molecule has 0 heterocycles. The maximum atomic E-state index is 12.2. The van der Waals surface area contributed by atoms with Crippen molar-refractivity contribution in [2.24, 2.45) is 0 Å². The lowest BCUT2D eigenvalue weighted by molar-refractivity contribution is -0.144. The van der Waals surface area contributed by atoms with Gasteiger partial charge in [0.15, 0.2) is 0 Å². The fraction of sp³-hybridized carbons (Fsp3) is 0.318. The molecule has 7 heteroatoms. The van der Waals surface area contributed by atoms with Crippen LogP contribution in [0, 0.1) is 0 Å². The second-order valence-electron chi connectivity index (χ2n) is 6.89. The second-order valence-corrected chi connectivity index (χ2v) is 6.89. The molecule has 1 atom stereocenters. The summed E-state index contributed by atoms with van der Waals surface area (Å²) < 4.78 is 5.44. The Labute approximate surface area is 169 Å². The number of carboxylic acids is 1. The van der Waals surface area contributed by atoms with Crippen LogP contribution in [0.1, 0.15) is 29.9 Å². The Morgan fingerprint density at radius 3 is 2.17 bits per heavy atom. The Morgan fingerprint density at radius 1 is 1.03 bits per heavy atom. The number of carbonyl (C=O) groups excluding carboxylic acids is 2. The number of carbonyl (C=O) groups is 3. The van der Waals surface area contributed by atoms with E-state index in [1.807, 2.05) is 36.4 Å². The number of fused-ring (bicyclic) bond motifs is 3. The highest BCUT2D eigenvalue weighted by molar-refractivity contribution is 5.80. The lowest BCUT2D eigenvalue weighted by atomic mass is 9.98. The Balaban J connectivity index is 1.57. The fourth-order valence-corrected chi connectivity index (χ4v) is 3.59. The van der Waals surface area contributed by atoms with Crippen LogP contribution in [-0.4, -0.2) is 49.2 Å². The Hall–Kier alpha value is -3.19. The molecule has 0 spiro atoms. The number of esters is 1. The molecule has 2 aromatic rings. The van der Waals surface area contributed by atoms with Gasteiger partial charge in [-0.1, -0.05) is 48.5 Å². The van der Waals surface area contributed by atoms with E-state index in [4.69, 9.17) is 4.74 Å². The third kappa shape index (κ3) is 4.81. The summed E-state index contributed by atoms with van der Waals surface area (Å²) in [4.78, 5) is 34.8. The zero-order valence-electron chi connectivity index (χ0n) is 16.2. The maximum absolute atomic E-state index is 12.2. The molecule has 29 heavy (non-hydrogen) atoms. The van der Waals surface area contributed by atoms with Gasteiger partial charge >= 0.3 is 11.9 Å². The van der Waals surface area contributed by atoms with E-state index in [2.05, 4.69) is 22.8 Å². The van der Waals surface area contributed by atoms with Crippen LogP contribution >= 0.6 is 0 Å². The number of carboxylic acid groups (broad SMARTS) is 1. The van der Waals surface area contributed by atoms with Gasteiger partial charge in [0, 0.05) is 19.4 Å².